The highest BCUT2D eigenvalue weighted by Crippen LogP contribution is 2.39. The molecule has 1 unspecified atom stereocenters. The molecule has 1 amide bonds. The number of hydrogen-bond donors (Lipinski definition) is 1. The van der Waals surface area contributed by atoms with Crippen molar-refractivity contribution in [3.05, 3.63) is 70.5 Å². The molecule has 6 nitrogen and oxygen atoms in total. The molecule has 0 radical (unpaired) electrons. The van der Waals surface area contributed by atoms with E-state index < -0.39 is 23.5 Å². The lowest BCUT2D eigenvalue weighted by atomic mass is 9.94. The molecule has 1 aliphatic heterocycles. The van der Waals surface area contributed by atoms with E-state index in [1.54, 1.807) is 18.2 Å². The number of aliphatic hydroxyl groups excluding tert-OH is 1. The first kappa shape index (κ1) is 24.5. The highest BCUT2D eigenvalue weighted by Gasteiger charge is 2.45. The third-order valence-electron chi connectivity index (χ3n) is 5.72. The predicted molar refractivity (Wildman–Crippen MR) is 126 cm³/mol. The number of benzene rings is 2. The normalized spacial score (nSPS) is 17.8. The lowest BCUT2D eigenvalue weighted by Gasteiger charge is -2.26. The number of likely N-dealkylation sites (N-methyl/N-ethyl adjacent to an activating group) is 1. The van der Waals surface area contributed by atoms with Crippen LogP contribution in [0.25, 0.3) is 5.76 Å². The molecular formula is C26H31FN2O4. The van der Waals surface area contributed by atoms with Crippen LogP contribution in [0.3, 0.4) is 0 Å². The number of ketones is 1. The van der Waals surface area contributed by atoms with Crippen molar-refractivity contribution in [3.8, 4) is 5.75 Å². The summed E-state index contributed by atoms with van der Waals surface area (Å²) in [5.74, 6) is -1.39. The summed E-state index contributed by atoms with van der Waals surface area (Å²) in [4.78, 5) is 29.3. The van der Waals surface area contributed by atoms with E-state index in [-0.39, 0.29) is 11.3 Å². The van der Waals surface area contributed by atoms with Crippen LogP contribution in [0.4, 0.5) is 4.39 Å². The summed E-state index contributed by atoms with van der Waals surface area (Å²) < 4.78 is 19.3. The number of hydrogen-bond acceptors (Lipinski definition) is 5. The van der Waals surface area contributed by atoms with Gasteiger partial charge in [0.15, 0.2) is 0 Å². The maximum absolute atomic E-state index is 13.6. The van der Waals surface area contributed by atoms with Gasteiger partial charge in [0.05, 0.1) is 18.2 Å². The van der Waals surface area contributed by atoms with Crippen LogP contribution in [0.15, 0.2) is 48.0 Å². The zero-order valence-electron chi connectivity index (χ0n) is 19.6. The van der Waals surface area contributed by atoms with E-state index in [4.69, 9.17) is 4.74 Å². The summed E-state index contributed by atoms with van der Waals surface area (Å²) >= 11 is 0. The molecule has 1 atom stereocenters. The number of likely N-dealkylation sites (tertiary alicyclic amines) is 1. The summed E-state index contributed by atoms with van der Waals surface area (Å²) in [5, 5.41) is 11.2. The molecule has 0 aromatic heterocycles. The number of amides is 1. The number of carbonyl (C=O) groups excluding carboxylic acids is 2. The monoisotopic (exact) mass is 454 g/mol. The first-order chi connectivity index (χ1) is 15.7. The molecule has 0 saturated carbocycles. The molecular weight excluding hydrogens is 423 g/mol. The molecule has 0 bridgehead atoms. The number of aryl methyl sites for hydroxylation is 1. The second-order valence-corrected chi connectivity index (χ2v) is 8.53. The maximum atomic E-state index is 13.6. The SMILES string of the molecule is CCCCOc1ccc(/C(O)=C2\C(=O)C(=O)N(CCN(C)C)C2c2ccc(F)cc2)cc1C. The van der Waals surface area contributed by atoms with Gasteiger partial charge in [-0.05, 0) is 68.9 Å². The second-order valence-electron chi connectivity index (χ2n) is 8.53. The van der Waals surface area contributed by atoms with Gasteiger partial charge in [0.1, 0.15) is 17.3 Å². The number of Topliss-reactive ketones (excluding diaryl/α,β-unsaturated/α-hetero) is 1. The Kier molecular flexibility index (Phi) is 7.87. The van der Waals surface area contributed by atoms with Crippen molar-refractivity contribution in [2.24, 2.45) is 0 Å². The second kappa shape index (κ2) is 10.6. The van der Waals surface area contributed by atoms with Crippen molar-refractivity contribution < 1.29 is 23.8 Å². The van der Waals surface area contributed by atoms with Gasteiger partial charge in [-0.3, -0.25) is 9.59 Å². The standard InChI is InChI=1S/C26H31FN2O4/c1-5-6-15-33-21-12-9-19(16-17(21)2)24(30)22-23(18-7-10-20(27)11-8-18)29(14-13-28(3)4)26(32)25(22)31/h7-12,16,23,30H,5-6,13-15H2,1-4H3/b24-22+. The van der Waals surface area contributed by atoms with Crippen LogP contribution in [0, 0.1) is 12.7 Å². The van der Waals surface area contributed by atoms with Gasteiger partial charge in [-0.2, -0.15) is 0 Å². The molecule has 33 heavy (non-hydrogen) atoms. The van der Waals surface area contributed by atoms with Crippen molar-refractivity contribution in [1.82, 2.24) is 9.80 Å². The smallest absolute Gasteiger partial charge is 0.295 e. The lowest BCUT2D eigenvalue weighted by Crippen LogP contribution is -2.35. The Labute approximate surface area is 194 Å². The fourth-order valence-corrected chi connectivity index (χ4v) is 3.85. The Bertz CT molecular complexity index is 1050. The van der Waals surface area contributed by atoms with Crippen LogP contribution in [0.1, 0.15) is 42.5 Å². The van der Waals surface area contributed by atoms with Crippen LogP contribution >= 0.6 is 0 Å². The quantitative estimate of drug-likeness (QED) is 0.265. The number of aliphatic hydroxyl groups is 1. The Morgan fingerprint density at radius 1 is 1.15 bits per heavy atom. The summed E-state index contributed by atoms with van der Waals surface area (Å²) in [5.41, 5.74) is 1.81. The van der Waals surface area contributed by atoms with Crippen molar-refractivity contribution >= 4 is 17.4 Å². The van der Waals surface area contributed by atoms with Crippen LogP contribution < -0.4 is 4.74 Å². The molecule has 2 aromatic carbocycles. The number of rotatable bonds is 9. The molecule has 0 spiro atoms. The van der Waals surface area contributed by atoms with Crippen molar-refractivity contribution in [2.45, 2.75) is 32.7 Å². The molecule has 1 aliphatic rings. The molecule has 3 rings (SSSR count). The predicted octanol–water partition coefficient (Wildman–Crippen LogP) is 4.30. The van der Waals surface area contributed by atoms with E-state index in [0.717, 1.165) is 18.4 Å². The van der Waals surface area contributed by atoms with Gasteiger partial charge < -0.3 is 19.6 Å². The summed E-state index contributed by atoms with van der Waals surface area (Å²) in [6, 6.07) is 10.0. The van der Waals surface area contributed by atoms with Gasteiger partial charge in [-0.1, -0.05) is 25.5 Å². The lowest BCUT2D eigenvalue weighted by molar-refractivity contribution is -0.140. The third kappa shape index (κ3) is 5.42. The number of ether oxygens (including phenoxy) is 1. The van der Waals surface area contributed by atoms with Crippen molar-refractivity contribution in [3.63, 3.8) is 0 Å². The fraction of sp³-hybridized carbons (Fsp3) is 0.385. The van der Waals surface area contributed by atoms with E-state index in [1.807, 2.05) is 25.9 Å². The van der Waals surface area contributed by atoms with Gasteiger partial charge in [0.2, 0.25) is 0 Å². The minimum atomic E-state index is -0.800. The molecule has 0 aliphatic carbocycles. The number of halogens is 1. The van der Waals surface area contributed by atoms with E-state index in [1.165, 1.54) is 29.2 Å². The van der Waals surface area contributed by atoms with Crippen LogP contribution in [0.2, 0.25) is 0 Å². The first-order valence-corrected chi connectivity index (χ1v) is 11.2. The van der Waals surface area contributed by atoms with Gasteiger partial charge in [-0.15, -0.1) is 0 Å². The average molecular weight is 455 g/mol. The highest BCUT2D eigenvalue weighted by molar-refractivity contribution is 6.46. The molecule has 1 N–H and O–H groups in total. The number of unbranched alkanes of at least 4 members (excludes halogenated alkanes) is 1. The Morgan fingerprint density at radius 3 is 2.45 bits per heavy atom. The zero-order valence-corrected chi connectivity index (χ0v) is 19.6. The summed E-state index contributed by atoms with van der Waals surface area (Å²) in [6.07, 6.45) is 1.96. The first-order valence-electron chi connectivity index (χ1n) is 11.2. The van der Waals surface area contributed by atoms with Crippen molar-refractivity contribution in [1.29, 1.82) is 0 Å². The van der Waals surface area contributed by atoms with E-state index in [9.17, 15) is 19.1 Å². The van der Waals surface area contributed by atoms with Gasteiger partial charge in [0, 0.05) is 18.7 Å². The Balaban J connectivity index is 2.04. The van der Waals surface area contributed by atoms with Crippen molar-refractivity contribution in [2.75, 3.05) is 33.8 Å². The summed E-state index contributed by atoms with van der Waals surface area (Å²) in [6.45, 7) is 5.38. The van der Waals surface area contributed by atoms with Gasteiger partial charge in [0.25, 0.3) is 11.7 Å². The van der Waals surface area contributed by atoms with Gasteiger partial charge >= 0.3 is 0 Å². The van der Waals surface area contributed by atoms with Crippen LogP contribution in [-0.4, -0.2) is 60.4 Å². The van der Waals surface area contributed by atoms with Crippen LogP contribution in [0.5, 0.6) is 5.75 Å². The molecule has 1 saturated heterocycles. The Hall–Kier alpha value is -3.19. The average Bonchev–Trinajstić information content (AvgIpc) is 3.03. The zero-order chi connectivity index (χ0) is 24.1. The fourth-order valence-electron chi connectivity index (χ4n) is 3.85. The van der Waals surface area contributed by atoms with E-state index in [0.29, 0.717) is 36.6 Å². The minimum absolute atomic E-state index is 0.00409. The molecule has 7 heteroatoms. The number of carbonyl (C=O) groups is 2. The molecule has 1 heterocycles. The maximum Gasteiger partial charge on any atom is 0.295 e. The van der Waals surface area contributed by atoms with E-state index >= 15 is 0 Å². The largest absolute Gasteiger partial charge is 0.507 e. The molecule has 176 valence electrons. The minimum Gasteiger partial charge on any atom is -0.507 e. The Morgan fingerprint density at radius 2 is 1.85 bits per heavy atom. The summed E-state index contributed by atoms with van der Waals surface area (Å²) in [7, 11) is 3.74. The molecule has 1 fully saturated rings. The van der Waals surface area contributed by atoms with Gasteiger partial charge in [-0.25, -0.2) is 4.39 Å². The number of nitrogens with zero attached hydrogens (tertiary/aromatic N) is 2. The third-order valence-corrected chi connectivity index (χ3v) is 5.72. The molecule has 2 aromatic rings. The van der Waals surface area contributed by atoms with Crippen LogP contribution in [-0.2, 0) is 9.59 Å². The topological polar surface area (TPSA) is 70.1 Å². The highest BCUT2D eigenvalue weighted by atomic mass is 19.1. The van der Waals surface area contributed by atoms with E-state index in [2.05, 4.69) is 6.92 Å².